The standard InChI is InChI=1S/C23H24ClFN2O4S/c1-15-23(20-13-18(25)5-8-21(20)27(15)14-22(28)31-2)16-9-11-26(12-10-16)32(29,30)19-6-3-17(24)4-7-19/h3-8,13,16H,9-12,14H2,1-2H3. The maximum absolute atomic E-state index is 14.1. The molecule has 1 fully saturated rings. The van der Waals surface area contributed by atoms with Crippen molar-refractivity contribution >= 4 is 38.5 Å². The largest absolute Gasteiger partial charge is 0.468 e. The lowest BCUT2D eigenvalue weighted by Crippen LogP contribution is -2.38. The van der Waals surface area contributed by atoms with Gasteiger partial charge >= 0.3 is 5.97 Å². The summed E-state index contributed by atoms with van der Waals surface area (Å²) in [5.74, 6) is -0.684. The Hall–Kier alpha value is -2.42. The Kier molecular flexibility index (Phi) is 6.29. The molecule has 0 aliphatic carbocycles. The predicted molar refractivity (Wildman–Crippen MR) is 121 cm³/mol. The number of halogens is 2. The van der Waals surface area contributed by atoms with Gasteiger partial charge < -0.3 is 9.30 Å². The van der Waals surface area contributed by atoms with E-state index in [1.807, 2.05) is 11.5 Å². The molecular weight excluding hydrogens is 455 g/mol. The van der Waals surface area contributed by atoms with Gasteiger partial charge in [0.25, 0.3) is 0 Å². The van der Waals surface area contributed by atoms with E-state index in [1.54, 1.807) is 18.2 Å². The molecule has 1 aliphatic rings. The number of benzene rings is 2. The molecule has 9 heteroatoms. The average molecular weight is 479 g/mol. The van der Waals surface area contributed by atoms with Crippen molar-refractivity contribution in [2.45, 2.75) is 37.1 Å². The van der Waals surface area contributed by atoms with Gasteiger partial charge in [0.2, 0.25) is 10.0 Å². The quantitative estimate of drug-likeness (QED) is 0.507. The summed E-state index contributed by atoms with van der Waals surface area (Å²) in [7, 11) is -2.28. The molecular formula is C23H24ClFN2O4S. The summed E-state index contributed by atoms with van der Waals surface area (Å²) in [5, 5.41) is 1.24. The fourth-order valence-electron chi connectivity index (χ4n) is 4.53. The van der Waals surface area contributed by atoms with Gasteiger partial charge in [-0.3, -0.25) is 4.79 Å². The summed E-state index contributed by atoms with van der Waals surface area (Å²) in [6.07, 6.45) is 1.20. The topological polar surface area (TPSA) is 68.6 Å². The van der Waals surface area contributed by atoms with E-state index in [-0.39, 0.29) is 29.1 Å². The number of hydrogen-bond donors (Lipinski definition) is 0. The van der Waals surface area contributed by atoms with Crippen LogP contribution in [0, 0.1) is 12.7 Å². The monoisotopic (exact) mass is 478 g/mol. The normalized spacial score (nSPS) is 15.9. The van der Waals surface area contributed by atoms with Crippen LogP contribution in [0.25, 0.3) is 10.9 Å². The fourth-order valence-corrected chi connectivity index (χ4v) is 6.13. The maximum Gasteiger partial charge on any atom is 0.325 e. The van der Waals surface area contributed by atoms with Gasteiger partial charge in [0.15, 0.2) is 0 Å². The second kappa shape index (κ2) is 8.84. The van der Waals surface area contributed by atoms with Gasteiger partial charge in [0.1, 0.15) is 12.4 Å². The van der Waals surface area contributed by atoms with Gasteiger partial charge in [-0.15, -0.1) is 0 Å². The summed E-state index contributed by atoms with van der Waals surface area (Å²) < 4.78 is 48.2. The highest BCUT2D eigenvalue weighted by atomic mass is 35.5. The van der Waals surface area contributed by atoms with Crippen LogP contribution in [0.4, 0.5) is 4.39 Å². The number of aromatic nitrogens is 1. The molecule has 0 amide bonds. The third-order valence-corrected chi connectivity index (χ3v) is 8.33. The molecule has 0 bridgehead atoms. The summed E-state index contributed by atoms with van der Waals surface area (Å²) in [5.41, 5.74) is 2.60. The molecule has 1 aromatic heterocycles. The highest BCUT2D eigenvalue weighted by Gasteiger charge is 2.32. The molecule has 32 heavy (non-hydrogen) atoms. The van der Waals surface area contributed by atoms with E-state index < -0.39 is 10.0 Å². The molecule has 0 unspecified atom stereocenters. The van der Waals surface area contributed by atoms with Gasteiger partial charge in [-0.05, 0) is 73.7 Å². The molecule has 4 rings (SSSR count). The van der Waals surface area contributed by atoms with Crippen molar-refractivity contribution in [3.8, 4) is 0 Å². The number of hydrogen-bond acceptors (Lipinski definition) is 4. The number of piperidine rings is 1. The molecule has 0 N–H and O–H groups in total. The smallest absolute Gasteiger partial charge is 0.325 e. The molecule has 6 nitrogen and oxygen atoms in total. The van der Waals surface area contributed by atoms with Crippen LogP contribution < -0.4 is 0 Å². The van der Waals surface area contributed by atoms with Crippen molar-refractivity contribution in [2.75, 3.05) is 20.2 Å². The second-order valence-corrected chi connectivity index (χ2v) is 10.3. The Morgan fingerprint density at radius 3 is 2.44 bits per heavy atom. The van der Waals surface area contributed by atoms with Crippen LogP contribution in [0.5, 0.6) is 0 Å². The number of nitrogens with zero attached hydrogens (tertiary/aromatic N) is 2. The predicted octanol–water partition coefficient (Wildman–Crippen LogP) is 4.48. The van der Waals surface area contributed by atoms with Crippen LogP contribution in [0.15, 0.2) is 47.4 Å². The summed E-state index contributed by atoms with van der Waals surface area (Å²) in [6.45, 7) is 2.66. The first-order chi connectivity index (χ1) is 15.2. The van der Waals surface area contributed by atoms with E-state index >= 15 is 0 Å². The van der Waals surface area contributed by atoms with Crippen molar-refractivity contribution in [3.05, 3.63) is 64.6 Å². The lowest BCUT2D eigenvalue weighted by Gasteiger charge is -2.31. The van der Waals surface area contributed by atoms with Gasteiger partial charge in [-0.2, -0.15) is 4.31 Å². The highest BCUT2D eigenvalue weighted by Crippen LogP contribution is 2.38. The first-order valence-electron chi connectivity index (χ1n) is 10.3. The third-order valence-electron chi connectivity index (χ3n) is 6.16. The van der Waals surface area contributed by atoms with Crippen molar-refractivity contribution in [1.29, 1.82) is 0 Å². The number of rotatable bonds is 5. The lowest BCUT2D eigenvalue weighted by atomic mass is 9.88. The van der Waals surface area contributed by atoms with Crippen molar-refractivity contribution in [2.24, 2.45) is 0 Å². The van der Waals surface area contributed by atoms with E-state index in [0.29, 0.717) is 31.0 Å². The van der Waals surface area contributed by atoms with Crippen LogP contribution in [0.3, 0.4) is 0 Å². The SMILES string of the molecule is COC(=O)Cn1c(C)c(C2CCN(S(=O)(=O)c3ccc(Cl)cc3)CC2)c2cc(F)ccc21. The van der Waals surface area contributed by atoms with Crippen molar-refractivity contribution < 1.29 is 22.3 Å². The highest BCUT2D eigenvalue weighted by molar-refractivity contribution is 7.89. The number of fused-ring (bicyclic) bond motifs is 1. The van der Waals surface area contributed by atoms with Crippen molar-refractivity contribution in [1.82, 2.24) is 8.87 Å². The molecule has 3 aromatic rings. The summed E-state index contributed by atoms with van der Waals surface area (Å²) >= 11 is 5.88. The number of carbonyl (C=O) groups is 1. The first-order valence-corrected chi connectivity index (χ1v) is 12.1. The van der Waals surface area contributed by atoms with Crippen LogP contribution in [-0.4, -0.2) is 43.5 Å². The van der Waals surface area contributed by atoms with Crippen LogP contribution >= 0.6 is 11.6 Å². The molecule has 0 radical (unpaired) electrons. The van der Waals surface area contributed by atoms with E-state index in [9.17, 15) is 17.6 Å². The minimum atomic E-state index is -3.61. The number of carbonyl (C=O) groups excluding carboxylic acids is 1. The van der Waals surface area contributed by atoms with Crippen molar-refractivity contribution in [3.63, 3.8) is 0 Å². The molecule has 0 saturated carbocycles. The summed E-state index contributed by atoms with van der Waals surface area (Å²) in [6, 6.07) is 10.7. The Morgan fingerprint density at radius 1 is 1.16 bits per heavy atom. The molecule has 0 spiro atoms. The van der Waals surface area contributed by atoms with Gasteiger partial charge in [0, 0.05) is 34.7 Å². The molecule has 1 saturated heterocycles. The molecule has 1 aliphatic heterocycles. The minimum absolute atomic E-state index is 0.0360. The molecule has 2 aromatic carbocycles. The Labute approximate surface area is 191 Å². The van der Waals surface area contributed by atoms with Crippen LogP contribution in [0.1, 0.15) is 30.0 Å². The van der Waals surface area contributed by atoms with Gasteiger partial charge in [-0.25, -0.2) is 12.8 Å². The third kappa shape index (κ3) is 4.14. The average Bonchev–Trinajstić information content (AvgIpc) is 3.04. The molecule has 2 heterocycles. The lowest BCUT2D eigenvalue weighted by molar-refractivity contribution is -0.141. The van der Waals surface area contributed by atoms with E-state index in [1.165, 1.54) is 35.7 Å². The number of esters is 1. The molecule has 170 valence electrons. The fraction of sp³-hybridized carbons (Fsp3) is 0.348. The van der Waals surface area contributed by atoms with E-state index in [4.69, 9.17) is 16.3 Å². The van der Waals surface area contributed by atoms with Gasteiger partial charge in [0.05, 0.1) is 12.0 Å². The van der Waals surface area contributed by atoms with E-state index in [2.05, 4.69) is 0 Å². The van der Waals surface area contributed by atoms with Crippen LogP contribution in [-0.2, 0) is 26.1 Å². The Balaban J connectivity index is 1.63. The zero-order valence-corrected chi connectivity index (χ0v) is 19.4. The first kappa shape index (κ1) is 22.8. The van der Waals surface area contributed by atoms with Crippen LogP contribution in [0.2, 0.25) is 5.02 Å². The van der Waals surface area contributed by atoms with Gasteiger partial charge in [-0.1, -0.05) is 11.6 Å². The Bertz CT molecular complexity index is 1260. The second-order valence-electron chi connectivity index (χ2n) is 7.96. The summed E-state index contributed by atoms with van der Waals surface area (Å²) in [4.78, 5) is 12.2. The number of ether oxygens (including phenoxy) is 1. The zero-order chi connectivity index (χ0) is 23.0. The minimum Gasteiger partial charge on any atom is -0.468 e. The molecule has 0 atom stereocenters. The van der Waals surface area contributed by atoms with E-state index in [0.717, 1.165) is 22.2 Å². The zero-order valence-electron chi connectivity index (χ0n) is 17.8. The number of sulfonamides is 1. The Morgan fingerprint density at radius 2 is 1.81 bits per heavy atom. The number of methoxy groups -OCH3 is 1. The maximum atomic E-state index is 14.1.